The molecule has 1 unspecified atom stereocenters. The monoisotopic (exact) mass is 603 g/mol. The zero-order valence-corrected chi connectivity index (χ0v) is 23.2. The standard InChI is InChI=1S/C20H23N7O7.Ca.5H2O/c21-20-25-16-15(18(32)26-20)27(9-28)12(8-23-16)7-22-11-3-1-10(2-4-11)17(31)24-13(19(33)34)5-6-14(29)30;;;;;;/h1-4,9,12-13,22H,5-8H2,(H,24,31)(H,29,30)(H,33,34)(H4,21,23,25,26,32);;5*1H2/t12?,13-;;;;;;/m0....../s1. The van der Waals surface area contributed by atoms with Gasteiger partial charge < -0.3 is 64.2 Å². The maximum atomic E-state index is 12.3. The Balaban J connectivity index is -0.00000108. The minimum Gasteiger partial charge on any atom is -0.481 e. The number of H-pyrrole nitrogens is 1. The third-order valence-corrected chi connectivity index (χ3v) is 5.12. The van der Waals surface area contributed by atoms with Crippen LogP contribution in [0.4, 0.5) is 23.1 Å². The summed E-state index contributed by atoms with van der Waals surface area (Å²) in [6, 6.07) is 4.36. The summed E-state index contributed by atoms with van der Waals surface area (Å²) < 4.78 is 0. The van der Waals surface area contributed by atoms with E-state index in [0.717, 1.165) is 0 Å². The molecule has 0 fully saturated rings. The molecule has 1 aliphatic heterocycles. The van der Waals surface area contributed by atoms with Crippen LogP contribution in [0, 0.1) is 0 Å². The zero-order valence-electron chi connectivity index (χ0n) is 21.0. The average molecular weight is 604 g/mol. The van der Waals surface area contributed by atoms with Gasteiger partial charge in [0.2, 0.25) is 12.4 Å². The molecular formula is C20H33CaN7O12. The number of hydrogen-bond donors (Lipinski definition) is 7. The van der Waals surface area contributed by atoms with Crippen molar-refractivity contribution in [2.45, 2.75) is 24.9 Å². The Labute approximate surface area is 255 Å². The minimum absolute atomic E-state index is 0. The van der Waals surface area contributed by atoms with Gasteiger partial charge in [0.05, 0.1) is 6.04 Å². The van der Waals surface area contributed by atoms with E-state index in [0.29, 0.717) is 18.6 Å². The molecule has 222 valence electrons. The van der Waals surface area contributed by atoms with E-state index in [1.54, 1.807) is 12.1 Å². The number of fused-ring (bicyclic) bond motifs is 1. The van der Waals surface area contributed by atoms with Crippen LogP contribution in [0.3, 0.4) is 0 Å². The van der Waals surface area contributed by atoms with Gasteiger partial charge in [0.25, 0.3) is 11.5 Å². The number of carbonyl (C=O) groups is 4. The quantitative estimate of drug-likeness (QED) is 0.0993. The number of rotatable bonds is 10. The number of nitrogens with two attached hydrogens (primary N) is 1. The van der Waals surface area contributed by atoms with Gasteiger partial charge in [-0.25, -0.2) is 4.79 Å². The van der Waals surface area contributed by atoms with Crippen molar-refractivity contribution >= 4 is 85.1 Å². The van der Waals surface area contributed by atoms with Crippen molar-refractivity contribution in [2.24, 2.45) is 0 Å². The molecule has 40 heavy (non-hydrogen) atoms. The summed E-state index contributed by atoms with van der Waals surface area (Å²) in [6.07, 6.45) is -0.101. The Bertz CT molecular complexity index is 1170. The van der Waals surface area contributed by atoms with E-state index in [-0.39, 0.29) is 101 Å². The van der Waals surface area contributed by atoms with E-state index in [9.17, 15) is 29.1 Å². The Morgan fingerprint density at radius 3 is 2.25 bits per heavy atom. The second kappa shape index (κ2) is 19.5. The number of carboxylic acid groups (broad SMARTS) is 2. The van der Waals surface area contributed by atoms with Crippen molar-refractivity contribution in [1.29, 1.82) is 0 Å². The topological polar surface area (TPSA) is 377 Å². The van der Waals surface area contributed by atoms with Gasteiger partial charge in [-0.2, -0.15) is 4.98 Å². The number of benzene rings is 1. The molecule has 1 aromatic heterocycles. The van der Waals surface area contributed by atoms with Crippen LogP contribution in [0.1, 0.15) is 23.2 Å². The van der Waals surface area contributed by atoms with Gasteiger partial charge in [-0.3, -0.25) is 24.2 Å². The molecule has 1 aromatic carbocycles. The van der Waals surface area contributed by atoms with Crippen LogP contribution in [-0.2, 0) is 14.4 Å². The van der Waals surface area contributed by atoms with Crippen molar-refractivity contribution < 1.29 is 56.8 Å². The largest absolute Gasteiger partial charge is 0.481 e. The molecule has 0 aliphatic carbocycles. The summed E-state index contributed by atoms with van der Waals surface area (Å²) >= 11 is 0. The normalized spacial score (nSPS) is 13.1. The van der Waals surface area contributed by atoms with Crippen molar-refractivity contribution in [3.8, 4) is 0 Å². The van der Waals surface area contributed by atoms with Crippen molar-refractivity contribution in [2.75, 3.05) is 34.4 Å². The number of aromatic amines is 1. The third-order valence-electron chi connectivity index (χ3n) is 5.12. The third kappa shape index (κ3) is 10.9. The fourth-order valence-electron chi connectivity index (χ4n) is 3.39. The molecule has 18 N–H and O–H groups in total. The summed E-state index contributed by atoms with van der Waals surface area (Å²) in [7, 11) is 0. The fraction of sp³-hybridized carbons (Fsp3) is 0.300. The van der Waals surface area contributed by atoms with Gasteiger partial charge in [-0.1, -0.05) is 0 Å². The van der Waals surface area contributed by atoms with Gasteiger partial charge in [-0.05, 0) is 30.7 Å². The van der Waals surface area contributed by atoms with Gasteiger partial charge in [0.15, 0.2) is 11.5 Å². The maximum absolute atomic E-state index is 12.3. The number of aliphatic carboxylic acids is 2. The average Bonchev–Trinajstić information content (AvgIpc) is 2.79. The van der Waals surface area contributed by atoms with Gasteiger partial charge in [0, 0.05) is 68.5 Å². The molecule has 0 spiro atoms. The van der Waals surface area contributed by atoms with Crippen molar-refractivity contribution in [3.63, 3.8) is 0 Å². The molecule has 3 rings (SSSR count). The molecule has 0 bridgehead atoms. The predicted molar refractivity (Wildman–Crippen MR) is 145 cm³/mol. The van der Waals surface area contributed by atoms with Crippen LogP contribution in [0.15, 0.2) is 29.1 Å². The Morgan fingerprint density at radius 1 is 1.12 bits per heavy atom. The molecule has 0 saturated carbocycles. The van der Waals surface area contributed by atoms with Crippen LogP contribution in [0.5, 0.6) is 0 Å². The van der Waals surface area contributed by atoms with Crippen molar-refractivity contribution in [3.05, 3.63) is 40.2 Å². The Kier molecular flexibility index (Phi) is 21.2. The summed E-state index contributed by atoms with van der Waals surface area (Å²) in [6.45, 7) is 0.568. The first-order valence-corrected chi connectivity index (χ1v) is 10.2. The van der Waals surface area contributed by atoms with Gasteiger partial charge >= 0.3 is 11.9 Å². The first-order valence-electron chi connectivity index (χ1n) is 10.2. The molecule has 0 saturated heterocycles. The van der Waals surface area contributed by atoms with E-state index in [1.165, 1.54) is 17.0 Å². The number of hydrogen-bond acceptors (Lipinski definition) is 9. The first-order chi connectivity index (χ1) is 16.2. The number of nitrogen functional groups attached to an aromatic ring is 1. The van der Waals surface area contributed by atoms with Gasteiger partial charge in [0.1, 0.15) is 6.04 Å². The Hall–Kier alpha value is -3.56. The van der Waals surface area contributed by atoms with Crippen LogP contribution in [0.2, 0.25) is 0 Å². The van der Waals surface area contributed by atoms with E-state index in [1.807, 2.05) is 0 Å². The Morgan fingerprint density at radius 2 is 1.73 bits per heavy atom. The van der Waals surface area contributed by atoms with Gasteiger partial charge in [-0.15, -0.1) is 0 Å². The van der Waals surface area contributed by atoms with Crippen LogP contribution in [-0.4, -0.2) is 135 Å². The van der Waals surface area contributed by atoms with E-state index >= 15 is 0 Å². The first kappa shape index (κ1) is 43.5. The minimum atomic E-state index is -1.33. The number of nitrogens with zero attached hydrogens (tertiary/aromatic N) is 2. The van der Waals surface area contributed by atoms with E-state index < -0.39 is 41.9 Å². The van der Waals surface area contributed by atoms with Crippen molar-refractivity contribution in [1.82, 2.24) is 15.3 Å². The summed E-state index contributed by atoms with van der Waals surface area (Å²) in [5, 5.41) is 26.3. The van der Waals surface area contributed by atoms with E-state index in [2.05, 4.69) is 25.9 Å². The van der Waals surface area contributed by atoms with Crippen LogP contribution in [0.25, 0.3) is 0 Å². The second-order valence-corrected chi connectivity index (χ2v) is 7.45. The molecule has 20 heteroatoms. The number of carbonyl (C=O) groups excluding carboxylic acids is 2. The van der Waals surface area contributed by atoms with Crippen LogP contribution >= 0.6 is 0 Å². The second-order valence-electron chi connectivity index (χ2n) is 7.45. The van der Waals surface area contributed by atoms with Crippen LogP contribution < -0.4 is 32.1 Å². The molecule has 2 aromatic rings. The maximum Gasteiger partial charge on any atom is 0.326 e. The summed E-state index contributed by atoms with van der Waals surface area (Å²) in [5.74, 6) is -3.00. The molecule has 2 atom stereocenters. The number of carboxylic acids is 2. The number of anilines is 4. The number of nitrogens with one attached hydrogen (secondary N) is 4. The fourth-order valence-corrected chi connectivity index (χ4v) is 3.39. The predicted octanol–water partition coefficient (Wildman–Crippen LogP) is -5.24. The molecule has 2 radical (unpaired) electrons. The molecule has 2 heterocycles. The van der Waals surface area contributed by atoms with E-state index in [4.69, 9.17) is 10.8 Å². The summed E-state index contributed by atoms with van der Waals surface area (Å²) in [5.41, 5.74) is 5.84. The smallest absolute Gasteiger partial charge is 0.326 e. The zero-order chi connectivity index (χ0) is 24.8. The number of aromatic nitrogens is 2. The molecule has 19 nitrogen and oxygen atoms in total. The SMILES string of the molecule is Nc1nc2c(c(=O)[nH]1)N(C=O)C(CNc1ccc(C(=O)N[C@@H](CCC(=O)O)C(=O)O)cc1)CN2.O.O.O.O.O.[Ca]. The number of amides is 2. The molecule has 1 aliphatic rings. The molecule has 2 amide bonds. The molecular weight excluding hydrogens is 570 g/mol. The summed E-state index contributed by atoms with van der Waals surface area (Å²) in [4.78, 5) is 65.7.